The lowest BCUT2D eigenvalue weighted by atomic mass is 9.95. The van der Waals surface area contributed by atoms with E-state index in [2.05, 4.69) is 22.0 Å². The molecule has 4 rings (SSSR count). The first-order valence-electron chi connectivity index (χ1n) is 13.3. The molecule has 2 atom stereocenters. The molecule has 2 heterocycles. The van der Waals surface area contributed by atoms with Crippen molar-refractivity contribution < 1.29 is 9.59 Å². The van der Waals surface area contributed by atoms with Gasteiger partial charge in [0.05, 0.1) is 6.04 Å². The number of nitrogens with zero attached hydrogens (tertiary/aromatic N) is 3. The Morgan fingerprint density at radius 2 is 1.76 bits per heavy atom. The van der Waals surface area contributed by atoms with E-state index in [1.165, 1.54) is 38.6 Å². The fraction of sp³-hybridized carbons (Fsp3) is 0.704. The van der Waals surface area contributed by atoms with Crippen LogP contribution in [0.3, 0.4) is 0 Å². The summed E-state index contributed by atoms with van der Waals surface area (Å²) in [6, 6.07) is 7.75. The van der Waals surface area contributed by atoms with Gasteiger partial charge in [-0.3, -0.25) is 14.5 Å². The SMILES string of the molecule is CC1CCCCN1CCCNC(=O)C(C1CCCC1)N1CCN(C(=O)c2cccc(Cl)c2)CC1. The predicted molar refractivity (Wildman–Crippen MR) is 137 cm³/mol. The van der Waals surface area contributed by atoms with Crippen LogP contribution in [0.5, 0.6) is 0 Å². The minimum atomic E-state index is -0.0696. The largest absolute Gasteiger partial charge is 0.355 e. The van der Waals surface area contributed by atoms with Gasteiger partial charge in [-0.15, -0.1) is 0 Å². The summed E-state index contributed by atoms with van der Waals surface area (Å²) in [4.78, 5) is 33.1. The van der Waals surface area contributed by atoms with E-state index in [0.717, 1.165) is 45.4 Å². The van der Waals surface area contributed by atoms with E-state index in [9.17, 15) is 9.59 Å². The van der Waals surface area contributed by atoms with Gasteiger partial charge in [-0.2, -0.15) is 0 Å². The summed E-state index contributed by atoms with van der Waals surface area (Å²) in [6.45, 7) is 8.11. The average molecular weight is 489 g/mol. The van der Waals surface area contributed by atoms with Crippen molar-refractivity contribution in [2.75, 3.05) is 45.8 Å². The minimum absolute atomic E-state index is 0.0240. The van der Waals surface area contributed by atoms with Crippen molar-refractivity contribution in [1.82, 2.24) is 20.0 Å². The number of benzene rings is 1. The molecule has 0 radical (unpaired) electrons. The highest BCUT2D eigenvalue weighted by Gasteiger charge is 2.37. The molecule has 1 aromatic carbocycles. The summed E-state index contributed by atoms with van der Waals surface area (Å²) in [5, 5.41) is 3.86. The van der Waals surface area contributed by atoms with Gasteiger partial charge in [0.15, 0.2) is 0 Å². The first-order valence-corrected chi connectivity index (χ1v) is 13.7. The Kier molecular flexibility index (Phi) is 9.26. The van der Waals surface area contributed by atoms with Gasteiger partial charge in [0.2, 0.25) is 5.91 Å². The third kappa shape index (κ3) is 6.52. The zero-order chi connectivity index (χ0) is 23.9. The highest BCUT2D eigenvalue weighted by Crippen LogP contribution is 2.31. The molecule has 34 heavy (non-hydrogen) atoms. The second kappa shape index (κ2) is 12.4. The standard InChI is InChI=1S/C27H41ClN4O2/c1-21-8-4-5-14-30(21)15-7-13-29-26(33)25(22-9-2-3-10-22)31-16-18-32(19-17-31)27(34)23-11-6-12-24(28)20-23/h6,11-12,20-22,25H,2-5,7-10,13-19H2,1H3,(H,29,33). The summed E-state index contributed by atoms with van der Waals surface area (Å²) in [5.74, 6) is 0.640. The highest BCUT2D eigenvalue weighted by molar-refractivity contribution is 6.30. The van der Waals surface area contributed by atoms with E-state index >= 15 is 0 Å². The lowest BCUT2D eigenvalue weighted by Crippen LogP contribution is -2.58. The fourth-order valence-corrected chi connectivity index (χ4v) is 6.24. The molecule has 1 aromatic rings. The van der Waals surface area contributed by atoms with Gasteiger partial charge in [-0.25, -0.2) is 0 Å². The predicted octanol–water partition coefficient (Wildman–Crippen LogP) is 4.04. The Morgan fingerprint density at radius 1 is 1.03 bits per heavy atom. The molecule has 0 spiro atoms. The lowest BCUT2D eigenvalue weighted by Gasteiger charge is -2.41. The van der Waals surface area contributed by atoms with Crippen molar-refractivity contribution in [2.24, 2.45) is 5.92 Å². The van der Waals surface area contributed by atoms with Gasteiger partial charge in [-0.1, -0.05) is 36.9 Å². The number of nitrogens with one attached hydrogen (secondary N) is 1. The van der Waals surface area contributed by atoms with Crippen LogP contribution in [0.15, 0.2) is 24.3 Å². The van der Waals surface area contributed by atoms with Crippen LogP contribution in [0, 0.1) is 5.92 Å². The van der Waals surface area contributed by atoms with Crippen LogP contribution < -0.4 is 5.32 Å². The summed E-state index contributed by atoms with van der Waals surface area (Å²) in [6.07, 6.45) is 9.64. The highest BCUT2D eigenvalue weighted by atomic mass is 35.5. The molecule has 2 saturated heterocycles. The molecule has 1 saturated carbocycles. The number of piperidine rings is 1. The molecule has 0 bridgehead atoms. The van der Waals surface area contributed by atoms with Crippen LogP contribution in [0.25, 0.3) is 0 Å². The molecular formula is C27H41ClN4O2. The van der Waals surface area contributed by atoms with E-state index in [0.29, 0.717) is 35.6 Å². The fourth-order valence-electron chi connectivity index (χ4n) is 6.05. The molecule has 1 aliphatic carbocycles. The van der Waals surface area contributed by atoms with E-state index < -0.39 is 0 Å². The van der Waals surface area contributed by atoms with Crippen LogP contribution >= 0.6 is 11.6 Å². The molecule has 6 nitrogen and oxygen atoms in total. The summed E-state index contributed by atoms with van der Waals surface area (Å²) < 4.78 is 0. The molecular weight excluding hydrogens is 448 g/mol. The number of carbonyl (C=O) groups excluding carboxylic acids is 2. The molecule has 0 aromatic heterocycles. The zero-order valence-electron chi connectivity index (χ0n) is 20.7. The zero-order valence-corrected chi connectivity index (χ0v) is 21.4. The van der Waals surface area contributed by atoms with Crippen LogP contribution in [-0.2, 0) is 4.79 Å². The number of amides is 2. The third-order valence-corrected chi connectivity index (χ3v) is 8.28. The first kappa shape index (κ1) is 25.5. The van der Waals surface area contributed by atoms with Crippen LogP contribution in [0.2, 0.25) is 5.02 Å². The Morgan fingerprint density at radius 3 is 2.47 bits per heavy atom. The quantitative estimate of drug-likeness (QED) is 0.561. The topological polar surface area (TPSA) is 55.9 Å². The summed E-state index contributed by atoms with van der Waals surface area (Å²) >= 11 is 6.08. The van der Waals surface area contributed by atoms with E-state index in [4.69, 9.17) is 11.6 Å². The van der Waals surface area contributed by atoms with Crippen molar-refractivity contribution in [1.29, 1.82) is 0 Å². The number of rotatable bonds is 8. The maximum Gasteiger partial charge on any atom is 0.253 e. The third-order valence-electron chi connectivity index (χ3n) is 8.04. The lowest BCUT2D eigenvalue weighted by molar-refractivity contribution is -0.129. The number of likely N-dealkylation sites (tertiary alicyclic amines) is 1. The van der Waals surface area contributed by atoms with Gasteiger partial charge in [0.1, 0.15) is 0 Å². The molecule has 2 aliphatic heterocycles. The summed E-state index contributed by atoms with van der Waals surface area (Å²) in [5.41, 5.74) is 0.633. The molecule has 1 N–H and O–H groups in total. The molecule has 7 heteroatoms. The number of hydrogen-bond acceptors (Lipinski definition) is 4. The normalized spacial score (nSPS) is 23.7. The molecule has 2 amide bonds. The molecule has 3 aliphatic rings. The molecule has 2 unspecified atom stereocenters. The Hall–Kier alpha value is -1.63. The van der Waals surface area contributed by atoms with Crippen molar-refractivity contribution in [3.8, 4) is 0 Å². The molecule has 3 fully saturated rings. The van der Waals surface area contributed by atoms with E-state index in [1.807, 2.05) is 17.0 Å². The second-order valence-electron chi connectivity index (χ2n) is 10.4. The minimum Gasteiger partial charge on any atom is -0.355 e. The molecule has 188 valence electrons. The maximum atomic E-state index is 13.4. The van der Waals surface area contributed by atoms with Gasteiger partial charge in [0, 0.05) is 55.9 Å². The smallest absolute Gasteiger partial charge is 0.253 e. The second-order valence-corrected chi connectivity index (χ2v) is 10.8. The van der Waals surface area contributed by atoms with E-state index in [-0.39, 0.29) is 17.9 Å². The van der Waals surface area contributed by atoms with E-state index in [1.54, 1.807) is 12.1 Å². The Bertz CT molecular complexity index is 821. The van der Waals surface area contributed by atoms with Gasteiger partial charge in [0.25, 0.3) is 5.91 Å². The van der Waals surface area contributed by atoms with Crippen molar-refractivity contribution in [2.45, 2.75) is 70.4 Å². The van der Waals surface area contributed by atoms with Crippen LogP contribution in [-0.4, -0.2) is 84.4 Å². The van der Waals surface area contributed by atoms with Crippen LogP contribution in [0.4, 0.5) is 0 Å². The Labute approximate surface area is 210 Å². The van der Waals surface area contributed by atoms with Gasteiger partial charge >= 0.3 is 0 Å². The van der Waals surface area contributed by atoms with Gasteiger partial charge < -0.3 is 15.1 Å². The van der Waals surface area contributed by atoms with Crippen molar-refractivity contribution in [3.05, 3.63) is 34.9 Å². The van der Waals surface area contributed by atoms with Crippen molar-refractivity contribution in [3.63, 3.8) is 0 Å². The maximum absolute atomic E-state index is 13.4. The van der Waals surface area contributed by atoms with Crippen molar-refractivity contribution >= 4 is 23.4 Å². The average Bonchev–Trinajstić information content (AvgIpc) is 3.37. The number of hydrogen-bond donors (Lipinski definition) is 1. The monoisotopic (exact) mass is 488 g/mol. The first-order chi connectivity index (χ1) is 16.5. The Balaban J connectivity index is 1.29. The van der Waals surface area contributed by atoms with Crippen LogP contribution in [0.1, 0.15) is 68.6 Å². The number of halogens is 1. The number of piperazine rings is 1. The number of carbonyl (C=O) groups is 2. The summed E-state index contributed by atoms with van der Waals surface area (Å²) in [7, 11) is 0. The van der Waals surface area contributed by atoms with Gasteiger partial charge in [-0.05, 0) is 69.7 Å².